The Kier molecular flexibility index (Phi) is 4.34. The van der Waals surface area contributed by atoms with E-state index in [1.165, 1.54) is 17.0 Å². The van der Waals surface area contributed by atoms with Crippen LogP contribution in [0.15, 0.2) is 24.3 Å². The minimum Gasteiger partial charge on any atom is -0.479 e. The molecule has 1 heterocycles. The molecule has 1 aromatic rings. The fourth-order valence-corrected chi connectivity index (χ4v) is 2.19. The third-order valence-electron chi connectivity index (χ3n) is 3.37. The molecule has 1 aliphatic heterocycles. The molecule has 5 nitrogen and oxygen atoms in total. The van der Waals surface area contributed by atoms with E-state index in [1.807, 2.05) is 0 Å². The van der Waals surface area contributed by atoms with E-state index in [4.69, 9.17) is 9.84 Å². The summed E-state index contributed by atoms with van der Waals surface area (Å²) in [5.74, 6) is -2.21. The van der Waals surface area contributed by atoms with Gasteiger partial charge in [0.15, 0.2) is 6.10 Å². The van der Waals surface area contributed by atoms with Crippen molar-refractivity contribution in [2.75, 3.05) is 19.7 Å². The lowest BCUT2D eigenvalue weighted by molar-refractivity contribution is -0.159. The number of carbonyl (C=O) groups is 2. The van der Waals surface area contributed by atoms with Gasteiger partial charge < -0.3 is 14.7 Å². The molecule has 1 N–H and O–H groups in total. The fraction of sp³-hybridized carbons (Fsp3) is 0.429. The summed E-state index contributed by atoms with van der Waals surface area (Å²) >= 11 is 0. The SMILES string of the molecule is C[C@@H](C(=O)N1CCO[C@H](C(=O)O)C1)c1cccc(F)c1. The average Bonchev–Trinajstić information content (AvgIpc) is 2.45. The van der Waals surface area contributed by atoms with Crippen LogP contribution in [0.1, 0.15) is 18.4 Å². The number of amides is 1. The summed E-state index contributed by atoms with van der Waals surface area (Å²) < 4.78 is 18.2. The number of rotatable bonds is 3. The van der Waals surface area contributed by atoms with Crippen LogP contribution >= 0.6 is 0 Å². The van der Waals surface area contributed by atoms with Gasteiger partial charge in [-0.15, -0.1) is 0 Å². The number of hydrogen-bond acceptors (Lipinski definition) is 3. The smallest absolute Gasteiger partial charge is 0.334 e. The first-order valence-electron chi connectivity index (χ1n) is 6.37. The molecule has 108 valence electrons. The molecule has 1 aromatic carbocycles. The van der Waals surface area contributed by atoms with Crippen LogP contribution in [0.25, 0.3) is 0 Å². The van der Waals surface area contributed by atoms with Gasteiger partial charge in [-0.2, -0.15) is 0 Å². The van der Waals surface area contributed by atoms with Gasteiger partial charge in [-0.1, -0.05) is 12.1 Å². The largest absolute Gasteiger partial charge is 0.479 e. The standard InChI is InChI=1S/C14H16FNO4/c1-9(10-3-2-4-11(15)7-10)13(17)16-5-6-20-12(8-16)14(18)19/h2-4,7,9,12H,5-6,8H2,1H3,(H,18,19)/t9-,12+/m1/s1. The van der Waals surface area contributed by atoms with Crippen molar-refractivity contribution in [2.24, 2.45) is 0 Å². The van der Waals surface area contributed by atoms with Gasteiger partial charge in [0.25, 0.3) is 0 Å². The van der Waals surface area contributed by atoms with E-state index in [9.17, 15) is 14.0 Å². The molecule has 0 radical (unpaired) electrons. The van der Waals surface area contributed by atoms with Crippen molar-refractivity contribution in [1.29, 1.82) is 0 Å². The summed E-state index contributed by atoms with van der Waals surface area (Å²) in [6.45, 7) is 2.25. The number of halogens is 1. The highest BCUT2D eigenvalue weighted by Crippen LogP contribution is 2.20. The van der Waals surface area contributed by atoms with Gasteiger partial charge in [-0.05, 0) is 24.6 Å². The highest BCUT2D eigenvalue weighted by Gasteiger charge is 2.31. The van der Waals surface area contributed by atoms with Crippen molar-refractivity contribution >= 4 is 11.9 Å². The lowest BCUT2D eigenvalue weighted by Gasteiger charge is -2.32. The van der Waals surface area contributed by atoms with Crippen molar-refractivity contribution in [2.45, 2.75) is 18.9 Å². The van der Waals surface area contributed by atoms with Gasteiger partial charge in [0, 0.05) is 6.54 Å². The molecule has 0 saturated carbocycles. The minimum absolute atomic E-state index is 0.0216. The lowest BCUT2D eigenvalue weighted by atomic mass is 9.99. The number of benzene rings is 1. The summed E-state index contributed by atoms with van der Waals surface area (Å²) in [7, 11) is 0. The number of hydrogen-bond donors (Lipinski definition) is 1. The molecular weight excluding hydrogens is 265 g/mol. The molecule has 1 amide bonds. The van der Waals surface area contributed by atoms with Crippen LogP contribution in [-0.2, 0) is 14.3 Å². The number of carboxylic acids is 1. The minimum atomic E-state index is -1.08. The van der Waals surface area contributed by atoms with Gasteiger partial charge in [0.1, 0.15) is 5.82 Å². The zero-order chi connectivity index (χ0) is 14.7. The molecule has 0 unspecified atom stereocenters. The molecule has 0 aromatic heterocycles. The summed E-state index contributed by atoms with van der Waals surface area (Å²) in [5, 5.41) is 8.92. The van der Waals surface area contributed by atoms with Gasteiger partial charge in [0.2, 0.25) is 5.91 Å². The topological polar surface area (TPSA) is 66.8 Å². The highest BCUT2D eigenvalue weighted by molar-refractivity contribution is 5.84. The van der Waals surface area contributed by atoms with Gasteiger partial charge in [-0.25, -0.2) is 9.18 Å². The Labute approximate surface area is 116 Å². The zero-order valence-corrected chi connectivity index (χ0v) is 11.1. The Bertz CT molecular complexity index is 520. The maximum atomic E-state index is 13.2. The second-order valence-corrected chi connectivity index (χ2v) is 4.76. The van der Waals surface area contributed by atoms with E-state index < -0.39 is 23.8 Å². The van der Waals surface area contributed by atoms with E-state index >= 15 is 0 Å². The Balaban J connectivity index is 2.08. The first kappa shape index (κ1) is 14.5. The molecule has 6 heteroatoms. The molecule has 20 heavy (non-hydrogen) atoms. The molecule has 0 bridgehead atoms. The Hall–Kier alpha value is -1.95. The predicted octanol–water partition coefficient (Wildman–Crippen LogP) is 1.24. The summed E-state index contributed by atoms with van der Waals surface area (Å²) in [6.07, 6.45) is -0.993. The molecular formula is C14H16FNO4. The van der Waals surface area contributed by atoms with E-state index in [2.05, 4.69) is 0 Å². The normalized spacial score (nSPS) is 20.5. The Morgan fingerprint density at radius 3 is 2.90 bits per heavy atom. The van der Waals surface area contributed by atoms with E-state index in [1.54, 1.807) is 19.1 Å². The van der Waals surface area contributed by atoms with Crippen LogP contribution in [0.5, 0.6) is 0 Å². The molecule has 0 aliphatic carbocycles. The van der Waals surface area contributed by atoms with Crippen LogP contribution in [-0.4, -0.2) is 47.7 Å². The van der Waals surface area contributed by atoms with Crippen molar-refractivity contribution in [3.63, 3.8) is 0 Å². The number of carbonyl (C=O) groups excluding carboxylic acids is 1. The van der Waals surface area contributed by atoms with Gasteiger partial charge in [0.05, 0.1) is 19.1 Å². The second kappa shape index (κ2) is 6.00. The fourth-order valence-electron chi connectivity index (χ4n) is 2.19. The quantitative estimate of drug-likeness (QED) is 0.905. The molecule has 2 atom stereocenters. The molecule has 1 fully saturated rings. The summed E-state index contributed by atoms with van der Waals surface area (Å²) in [4.78, 5) is 24.7. The molecule has 1 saturated heterocycles. The van der Waals surface area contributed by atoms with Crippen molar-refractivity contribution < 1.29 is 23.8 Å². The molecule has 0 spiro atoms. The molecule has 1 aliphatic rings. The summed E-state index contributed by atoms with van der Waals surface area (Å²) in [5.41, 5.74) is 0.577. The number of morpholine rings is 1. The van der Waals surface area contributed by atoms with Crippen LogP contribution in [0, 0.1) is 5.82 Å². The Morgan fingerprint density at radius 2 is 2.25 bits per heavy atom. The van der Waals surface area contributed by atoms with Crippen LogP contribution in [0.3, 0.4) is 0 Å². The predicted molar refractivity (Wildman–Crippen MR) is 68.8 cm³/mol. The number of aliphatic carboxylic acids is 1. The number of ether oxygens (including phenoxy) is 1. The maximum Gasteiger partial charge on any atom is 0.334 e. The van der Waals surface area contributed by atoms with E-state index in [0.717, 1.165) is 0 Å². The second-order valence-electron chi connectivity index (χ2n) is 4.76. The van der Waals surface area contributed by atoms with Gasteiger partial charge in [-0.3, -0.25) is 4.79 Å². The van der Waals surface area contributed by atoms with Crippen LogP contribution in [0.2, 0.25) is 0 Å². The van der Waals surface area contributed by atoms with E-state index in [0.29, 0.717) is 12.1 Å². The summed E-state index contributed by atoms with van der Waals surface area (Å²) in [6, 6.07) is 5.86. The first-order valence-corrected chi connectivity index (χ1v) is 6.37. The highest BCUT2D eigenvalue weighted by atomic mass is 19.1. The van der Waals surface area contributed by atoms with Gasteiger partial charge >= 0.3 is 5.97 Å². The number of carboxylic acid groups (broad SMARTS) is 1. The first-order chi connectivity index (χ1) is 9.49. The average molecular weight is 281 g/mol. The maximum absolute atomic E-state index is 13.2. The van der Waals surface area contributed by atoms with Crippen LogP contribution < -0.4 is 0 Å². The van der Waals surface area contributed by atoms with E-state index in [-0.39, 0.29) is 19.1 Å². The third kappa shape index (κ3) is 3.14. The van der Waals surface area contributed by atoms with Crippen LogP contribution in [0.4, 0.5) is 4.39 Å². The Morgan fingerprint density at radius 1 is 1.50 bits per heavy atom. The number of nitrogens with zero attached hydrogens (tertiary/aromatic N) is 1. The van der Waals surface area contributed by atoms with Crippen molar-refractivity contribution in [1.82, 2.24) is 4.90 Å². The monoisotopic (exact) mass is 281 g/mol. The lowest BCUT2D eigenvalue weighted by Crippen LogP contribution is -2.49. The molecule has 2 rings (SSSR count). The third-order valence-corrected chi connectivity index (χ3v) is 3.37. The van der Waals surface area contributed by atoms with Crippen molar-refractivity contribution in [3.05, 3.63) is 35.6 Å². The van der Waals surface area contributed by atoms with Crippen molar-refractivity contribution in [3.8, 4) is 0 Å². The zero-order valence-electron chi connectivity index (χ0n) is 11.1.